The fourth-order valence-electron chi connectivity index (χ4n) is 0.965. The molecule has 1 N–H and O–H groups in total. The first-order valence-corrected chi connectivity index (χ1v) is 4.52. The molecule has 2 aliphatic rings. The molecule has 0 saturated carbocycles. The SMILES string of the molecule is CC(=O)C1CC(=O)O1.O=C1CC(C(=O)O)O1. The largest absolute Gasteiger partial charge is 0.478 e. The summed E-state index contributed by atoms with van der Waals surface area (Å²) in [6.07, 6.45) is -1.00. The van der Waals surface area contributed by atoms with Crippen LogP contribution in [0, 0.1) is 0 Å². The Hall–Kier alpha value is -1.92. The van der Waals surface area contributed by atoms with Gasteiger partial charge < -0.3 is 14.6 Å². The van der Waals surface area contributed by atoms with Gasteiger partial charge in [0.15, 0.2) is 11.9 Å². The molecule has 0 spiro atoms. The standard InChI is InChI=1S/C5H6O3.C4H4O4/c1-3(6)4-2-5(7)8-4;5-3-1-2(8-3)4(6)7/h4H,2H2,1H3;2H,1H2,(H,6,7). The molecular weight excluding hydrogens is 220 g/mol. The maximum Gasteiger partial charge on any atom is 0.345 e. The average molecular weight is 230 g/mol. The number of hydrogen-bond donors (Lipinski definition) is 1. The zero-order chi connectivity index (χ0) is 12.3. The van der Waals surface area contributed by atoms with Crippen molar-refractivity contribution in [2.24, 2.45) is 0 Å². The van der Waals surface area contributed by atoms with Crippen LogP contribution in [0.1, 0.15) is 19.8 Å². The van der Waals surface area contributed by atoms with Gasteiger partial charge in [0.05, 0.1) is 12.8 Å². The molecule has 0 aromatic rings. The Kier molecular flexibility index (Phi) is 3.60. The molecule has 0 aromatic heterocycles. The molecule has 2 rings (SSSR count). The van der Waals surface area contributed by atoms with E-state index in [1.807, 2.05) is 0 Å². The van der Waals surface area contributed by atoms with Crippen LogP contribution < -0.4 is 0 Å². The number of Topliss-reactive ketones (excluding diaryl/α,β-unsaturated/α-hetero) is 1. The Morgan fingerprint density at radius 3 is 1.62 bits per heavy atom. The van der Waals surface area contributed by atoms with Gasteiger partial charge in [-0.2, -0.15) is 0 Å². The molecule has 7 nitrogen and oxygen atoms in total. The van der Waals surface area contributed by atoms with Gasteiger partial charge in [0, 0.05) is 0 Å². The van der Waals surface area contributed by atoms with E-state index in [1.165, 1.54) is 6.92 Å². The van der Waals surface area contributed by atoms with Crippen LogP contribution >= 0.6 is 0 Å². The lowest BCUT2D eigenvalue weighted by Crippen LogP contribution is -2.39. The van der Waals surface area contributed by atoms with Crippen LogP contribution in [-0.4, -0.2) is 41.0 Å². The van der Waals surface area contributed by atoms with Gasteiger partial charge in [0.25, 0.3) is 0 Å². The van der Waals surface area contributed by atoms with Crippen molar-refractivity contribution in [3.05, 3.63) is 0 Å². The molecule has 16 heavy (non-hydrogen) atoms. The van der Waals surface area contributed by atoms with Crippen molar-refractivity contribution in [1.82, 2.24) is 0 Å². The molecular formula is C9H10O7. The predicted molar refractivity (Wildman–Crippen MR) is 47.3 cm³/mol. The Morgan fingerprint density at radius 2 is 1.50 bits per heavy atom. The molecule has 2 aliphatic heterocycles. The number of hydrogen-bond acceptors (Lipinski definition) is 6. The maximum absolute atomic E-state index is 10.3. The smallest absolute Gasteiger partial charge is 0.345 e. The summed E-state index contributed by atoms with van der Waals surface area (Å²) < 4.78 is 8.57. The van der Waals surface area contributed by atoms with Crippen LogP contribution in [0.2, 0.25) is 0 Å². The molecule has 2 fully saturated rings. The third-order valence-corrected chi connectivity index (χ3v) is 1.98. The van der Waals surface area contributed by atoms with Crippen LogP contribution in [0.5, 0.6) is 0 Å². The van der Waals surface area contributed by atoms with E-state index in [9.17, 15) is 19.2 Å². The number of carbonyl (C=O) groups is 4. The minimum atomic E-state index is -1.07. The lowest BCUT2D eigenvalue weighted by Gasteiger charge is -2.22. The lowest BCUT2D eigenvalue weighted by atomic mass is 10.1. The molecule has 0 radical (unpaired) electrons. The highest BCUT2D eigenvalue weighted by atomic mass is 16.6. The highest BCUT2D eigenvalue weighted by molar-refractivity contribution is 5.92. The molecule has 88 valence electrons. The second kappa shape index (κ2) is 4.73. The monoisotopic (exact) mass is 230 g/mol. The van der Waals surface area contributed by atoms with E-state index < -0.39 is 24.1 Å². The summed E-state index contributed by atoms with van der Waals surface area (Å²) in [7, 11) is 0. The highest BCUT2D eigenvalue weighted by Gasteiger charge is 2.34. The first-order valence-electron chi connectivity index (χ1n) is 4.52. The fourth-order valence-corrected chi connectivity index (χ4v) is 0.965. The van der Waals surface area contributed by atoms with Crippen molar-refractivity contribution < 1.29 is 33.8 Å². The molecule has 0 aliphatic carbocycles. The second-order valence-corrected chi connectivity index (χ2v) is 3.31. The summed E-state index contributed by atoms with van der Waals surface area (Å²) >= 11 is 0. The van der Waals surface area contributed by atoms with E-state index in [4.69, 9.17) is 5.11 Å². The molecule has 2 unspecified atom stereocenters. The van der Waals surface area contributed by atoms with Crippen molar-refractivity contribution in [2.45, 2.75) is 32.0 Å². The summed E-state index contributed by atoms with van der Waals surface area (Å²) in [6, 6.07) is 0. The summed E-state index contributed by atoms with van der Waals surface area (Å²) in [5.41, 5.74) is 0. The van der Waals surface area contributed by atoms with Gasteiger partial charge >= 0.3 is 17.9 Å². The zero-order valence-electron chi connectivity index (χ0n) is 8.47. The third-order valence-electron chi connectivity index (χ3n) is 1.98. The van der Waals surface area contributed by atoms with Gasteiger partial charge in [-0.1, -0.05) is 0 Å². The number of ether oxygens (including phenoxy) is 2. The van der Waals surface area contributed by atoms with Gasteiger partial charge in [-0.15, -0.1) is 0 Å². The number of carbonyl (C=O) groups excluding carboxylic acids is 3. The number of rotatable bonds is 2. The maximum atomic E-state index is 10.3. The first-order chi connectivity index (χ1) is 7.40. The van der Waals surface area contributed by atoms with E-state index in [-0.39, 0.29) is 24.6 Å². The van der Waals surface area contributed by atoms with E-state index in [0.717, 1.165) is 0 Å². The topological polar surface area (TPSA) is 107 Å². The molecule has 0 amide bonds. The van der Waals surface area contributed by atoms with Crippen molar-refractivity contribution in [3.63, 3.8) is 0 Å². The van der Waals surface area contributed by atoms with Crippen molar-refractivity contribution in [3.8, 4) is 0 Å². The normalized spacial score (nSPS) is 26.1. The quantitative estimate of drug-likeness (QED) is 0.623. The van der Waals surface area contributed by atoms with E-state index in [1.54, 1.807) is 0 Å². The first kappa shape index (κ1) is 12.2. The summed E-state index contributed by atoms with van der Waals surface area (Å²) in [6.45, 7) is 1.41. The fraction of sp³-hybridized carbons (Fsp3) is 0.556. The minimum Gasteiger partial charge on any atom is -0.478 e. The number of aliphatic carboxylic acids is 1. The minimum absolute atomic E-state index is 0.0231. The van der Waals surface area contributed by atoms with Crippen LogP contribution in [0.15, 0.2) is 0 Å². The van der Waals surface area contributed by atoms with Gasteiger partial charge in [0.1, 0.15) is 0 Å². The highest BCUT2D eigenvalue weighted by Crippen LogP contribution is 2.13. The number of carboxylic acid groups (broad SMARTS) is 1. The Bertz CT molecular complexity index is 296. The summed E-state index contributed by atoms with van der Waals surface area (Å²) in [4.78, 5) is 40.1. The third kappa shape index (κ3) is 3.04. The van der Waals surface area contributed by atoms with Crippen molar-refractivity contribution in [1.29, 1.82) is 0 Å². The molecule has 0 aromatic carbocycles. The Balaban J connectivity index is 0.000000160. The van der Waals surface area contributed by atoms with E-state index in [2.05, 4.69) is 9.47 Å². The van der Waals surface area contributed by atoms with E-state index >= 15 is 0 Å². The summed E-state index contributed by atoms with van der Waals surface area (Å²) in [5, 5.41) is 8.07. The lowest BCUT2D eigenvalue weighted by molar-refractivity contribution is -0.182. The van der Waals surface area contributed by atoms with Crippen LogP contribution in [0.3, 0.4) is 0 Å². The van der Waals surface area contributed by atoms with Crippen LogP contribution in [0.25, 0.3) is 0 Å². The molecule has 7 heteroatoms. The predicted octanol–water partition coefficient (Wildman–Crippen LogP) is -0.723. The van der Waals surface area contributed by atoms with Gasteiger partial charge in [-0.25, -0.2) is 4.79 Å². The molecule has 0 bridgehead atoms. The Morgan fingerprint density at radius 1 is 1.12 bits per heavy atom. The van der Waals surface area contributed by atoms with Crippen LogP contribution in [-0.2, 0) is 28.7 Å². The number of carboxylic acids is 1. The Labute approximate surface area is 90.3 Å². The van der Waals surface area contributed by atoms with Gasteiger partial charge in [-0.05, 0) is 6.92 Å². The van der Waals surface area contributed by atoms with Crippen molar-refractivity contribution >= 4 is 23.7 Å². The van der Waals surface area contributed by atoms with Crippen molar-refractivity contribution in [2.75, 3.05) is 0 Å². The van der Waals surface area contributed by atoms with E-state index in [0.29, 0.717) is 0 Å². The van der Waals surface area contributed by atoms with Gasteiger partial charge in [0.2, 0.25) is 6.10 Å². The number of ketones is 1. The number of esters is 2. The molecule has 2 heterocycles. The zero-order valence-corrected chi connectivity index (χ0v) is 8.47. The summed E-state index contributed by atoms with van der Waals surface area (Å²) in [5.74, 6) is -1.84. The van der Waals surface area contributed by atoms with Gasteiger partial charge in [-0.3, -0.25) is 14.4 Å². The average Bonchev–Trinajstić information content (AvgIpc) is 2.08. The number of cyclic esters (lactones) is 2. The van der Waals surface area contributed by atoms with Crippen LogP contribution in [0.4, 0.5) is 0 Å². The molecule has 2 saturated heterocycles. The second-order valence-electron chi connectivity index (χ2n) is 3.31. The molecule has 2 atom stereocenters.